The number of aromatic nitrogens is 1. The average Bonchev–Trinajstić information content (AvgIpc) is 3.27. The van der Waals surface area contributed by atoms with Gasteiger partial charge in [0.25, 0.3) is 0 Å². The summed E-state index contributed by atoms with van der Waals surface area (Å²) in [5.41, 5.74) is 1.99. The molecule has 1 aliphatic heterocycles. The fourth-order valence-corrected chi connectivity index (χ4v) is 7.60. The zero-order chi connectivity index (χ0) is 22.6. The van der Waals surface area contributed by atoms with Crippen LogP contribution in [0.25, 0.3) is 0 Å². The number of hydrogen-bond donors (Lipinski definition) is 1. The molecule has 0 spiro atoms. The maximum Gasteiger partial charge on any atom is 0.309 e. The number of nitrogens with one attached hydrogen (secondary N) is 1. The summed E-state index contributed by atoms with van der Waals surface area (Å²) in [6.07, 6.45) is 3.27. The molecule has 5 rings (SSSR count). The predicted octanol–water partition coefficient (Wildman–Crippen LogP) is 4.59. The number of nitrogens with zero attached hydrogens (tertiary/aromatic N) is 1. The molecule has 2 heterocycles. The third-order valence-corrected chi connectivity index (χ3v) is 8.93. The van der Waals surface area contributed by atoms with Crippen molar-refractivity contribution in [3.63, 3.8) is 0 Å². The molecular weight excluding hydrogens is 424 g/mol. The summed E-state index contributed by atoms with van der Waals surface area (Å²) in [5.74, 6) is 1.30. The monoisotopic (exact) mass is 454 g/mol. The first-order valence-corrected chi connectivity index (χ1v) is 12.2. The van der Waals surface area contributed by atoms with E-state index in [4.69, 9.17) is 14.5 Å². The Morgan fingerprint density at radius 2 is 2.09 bits per heavy atom. The Kier molecular flexibility index (Phi) is 5.27. The van der Waals surface area contributed by atoms with Gasteiger partial charge in [0.15, 0.2) is 5.13 Å². The van der Waals surface area contributed by atoms with Crippen LogP contribution in [0.1, 0.15) is 55.7 Å². The second kappa shape index (κ2) is 7.87. The van der Waals surface area contributed by atoms with E-state index in [1.165, 1.54) is 4.88 Å². The number of amides is 1. The highest BCUT2D eigenvalue weighted by Gasteiger charge is 2.58. The van der Waals surface area contributed by atoms with E-state index in [9.17, 15) is 9.59 Å². The Hall–Kier alpha value is -2.41. The molecule has 2 aliphatic carbocycles. The van der Waals surface area contributed by atoms with Crippen LogP contribution >= 0.6 is 11.3 Å². The second-order valence-electron chi connectivity index (χ2n) is 9.90. The summed E-state index contributed by atoms with van der Waals surface area (Å²) in [6, 6.07) is 7.56. The van der Waals surface area contributed by atoms with Crippen LogP contribution in [0.4, 0.5) is 5.13 Å². The van der Waals surface area contributed by atoms with Crippen molar-refractivity contribution in [2.24, 2.45) is 23.2 Å². The lowest BCUT2D eigenvalue weighted by Crippen LogP contribution is -2.50. The van der Waals surface area contributed by atoms with Crippen molar-refractivity contribution in [2.75, 3.05) is 12.4 Å². The van der Waals surface area contributed by atoms with Crippen LogP contribution < -0.4 is 10.1 Å². The van der Waals surface area contributed by atoms with Gasteiger partial charge in [-0.2, -0.15) is 0 Å². The summed E-state index contributed by atoms with van der Waals surface area (Å²) in [7, 11) is 1.61. The summed E-state index contributed by atoms with van der Waals surface area (Å²) >= 11 is 1.59. The minimum atomic E-state index is -0.101. The Balaban J connectivity index is 1.36. The number of hydrogen-bond acceptors (Lipinski definition) is 6. The molecule has 2 fully saturated rings. The van der Waals surface area contributed by atoms with Crippen molar-refractivity contribution < 1.29 is 19.1 Å². The van der Waals surface area contributed by atoms with E-state index in [0.717, 1.165) is 30.5 Å². The van der Waals surface area contributed by atoms with Crippen molar-refractivity contribution in [3.05, 3.63) is 40.4 Å². The first-order chi connectivity index (χ1) is 15.3. The van der Waals surface area contributed by atoms with Gasteiger partial charge in [-0.1, -0.05) is 39.0 Å². The van der Waals surface area contributed by atoms with Gasteiger partial charge < -0.3 is 14.8 Å². The lowest BCUT2D eigenvalue weighted by Gasteiger charge is -2.51. The molecule has 32 heavy (non-hydrogen) atoms. The number of ether oxygens (including phenoxy) is 2. The maximum atomic E-state index is 12.7. The van der Waals surface area contributed by atoms with Gasteiger partial charge in [-0.3, -0.25) is 9.59 Å². The molecule has 1 N–H and O–H groups in total. The van der Waals surface area contributed by atoms with E-state index in [2.05, 4.69) is 19.2 Å². The van der Waals surface area contributed by atoms with Crippen molar-refractivity contribution in [1.29, 1.82) is 0 Å². The minimum Gasteiger partial charge on any atom is -0.496 e. The fraction of sp³-hybridized carbons (Fsp3) is 0.560. The van der Waals surface area contributed by atoms with Gasteiger partial charge in [-0.15, -0.1) is 11.3 Å². The van der Waals surface area contributed by atoms with Gasteiger partial charge >= 0.3 is 5.97 Å². The smallest absolute Gasteiger partial charge is 0.309 e. The Labute approximate surface area is 192 Å². The molecular formula is C25H30N2O4S. The molecule has 0 radical (unpaired) electrons. The zero-order valence-corrected chi connectivity index (χ0v) is 19.8. The number of carbonyl (C=O) groups is 2. The van der Waals surface area contributed by atoms with Crippen molar-refractivity contribution in [1.82, 2.24) is 4.98 Å². The average molecular weight is 455 g/mol. The molecule has 1 aromatic heterocycles. The Morgan fingerprint density at radius 1 is 1.31 bits per heavy atom. The van der Waals surface area contributed by atoms with Crippen LogP contribution in [0, 0.1) is 23.2 Å². The number of esters is 1. The number of thiazole rings is 1. The number of para-hydroxylation sites is 1. The van der Waals surface area contributed by atoms with Crippen molar-refractivity contribution >= 4 is 28.3 Å². The van der Waals surface area contributed by atoms with Crippen molar-refractivity contribution in [2.45, 2.75) is 58.5 Å². The lowest BCUT2D eigenvalue weighted by atomic mass is 9.54. The highest BCUT2D eigenvalue weighted by atomic mass is 32.1. The van der Waals surface area contributed by atoms with Gasteiger partial charge in [0.05, 0.1) is 25.1 Å². The summed E-state index contributed by atoms with van der Waals surface area (Å²) < 4.78 is 11.3. The zero-order valence-electron chi connectivity index (χ0n) is 19.0. The summed E-state index contributed by atoms with van der Waals surface area (Å²) in [6.45, 7) is 6.55. The normalized spacial score (nSPS) is 33.0. The third-order valence-electron chi connectivity index (χ3n) is 7.95. The SMILES string of the molecule is COc1ccccc1CC(=O)Nc1nc2c(s1)CC1(C)CCC3C(C)C(=O)OC3C1C2C. The molecule has 7 heteroatoms. The molecule has 1 aromatic carbocycles. The number of rotatable bonds is 4. The van der Waals surface area contributed by atoms with Crippen LogP contribution in [-0.2, 0) is 27.2 Å². The number of fused-ring (bicyclic) bond motifs is 4. The van der Waals surface area contributed by atoms with Crippen LogP contribution in [0.3, 0.4) is 0 Å². The Morgan fingerprint density at radius 3 is 2.88 bits per heavy atom. The molecule has 6 nitrogen and oxygen atoms in total. The number of anilines is 1. The molecule has 1 amide bonds. The summed E-state index contributed by atoms with van der Waals surface area (Å²) in [5, 5.41) is 3.65. The van der Waals surface area contributed by atoms with Crippen LogP contribution in [-0.4, -0.2) is 30.1 Å². The third kappa shape index (κ3) is 3.41. The highest BCUT2D eigenvalue weighted by Crippen LogP contribution is 2.59. The van der Waals surface area contributed by atoms with Crippen molar-refractivity contribution in [3.8, 4) is 5.75 Å². The van der Waals surface area contributed by atoms with Crippen LogP contribution in [0.2, 0.25) is 0 Å². The molecule has 0 bridgehead atoms. The molecule has 6 unspecified atom stereocenters. The van der Waals surface area contributed by atoms with Gasteiger partial charge in [0, 0.05) is 28.2 Å². The Bertz CT molecular complexity index is 1070. The molecule has 1 saturated carbocycles. The van der Waals surface area contributed by atoms with Gasteiger partial charge in [-0.05, 0) is 30.7 Å². The number of benzene rings is 1. The summed E-state index contributed by atoms with van der Waals surface area (Å²) in [4.78, 5) is 31.1. The van der Waals surface area contributed by atoms with Gasteiger partial charge in [0.2, 0.25) is 5.91 Å². The first-order valence-electron chi connectivity index (χ1n) is 11.4. The van der Waals surface area contributed by atoms with E-state index in [0.29, 0.717) is 16.8 Å². The molecule has 3 aliphatic rings. The maximum absolute atomic E-state index is 12.7. The molecule has 2 aromatic rings. The predicted molar refractivity (Wildman–Crippen MR) is 123 cm³/mol. The first kappa shape index (κ1) is 21.4. The van der Waals surface area contributed by atoms with E-state index in [1.807, 2.05) is 31.2 Å². The standard InChI is InChI=1S/C25H30N2O4S/c1-13-16-9-10-25(3)12-18-21(14(2)20(25)22(16)31-23(13)29)27-24(32-18)26-19(28)11-15-7-5-6-8-17(15)30-4/h5-8,13-14,16,20,22H,9-12H2,1-4H3,(H,26,27,28). The topological polar surface area (TPSA) is 77.5 Å². The highest BCUT2D eigenvalue weighted by molar-refractivity contribution is 7.15. The quantitative estimate of drug-likeness (QED) is 0.684. The van der Waals surface area contributed by atoms with E-state index >= 15 is 0 Å². The van der Waals surface area contributed by atoms with E-state index < -0.39 is 0 Å². The van der Waals surface area contributed by atoms with E-state index in [-0.39, 0.29) is 47.6 Å². The molecule has 1 saturated heterocycles. The van der Waals surface area contributed by atoms with Gasteiger partial charge in [-0.25, -0.2) is 4.98 Å². The molecule has 170 valence electrons. The van der Waals surface area contributed by atoms with Gasteiger partial charge in [0.1, 0.15) is 11.9 Å². The molecule has 6 atom stereocenters. The largest absolute Gasteiger partial charge is 0.496 e. The lowest BCUT2D eigenvalue weighted by molar-refractivity contribution is -0.149. The van der Waals surface area contributed by atoms with Crippen LogP contribution in [0.5, 0.6) is 5.75 Å². The number of carbonyl (C=O) groups excluding carboxylic acids is 2. The second-order valence-corrected chi connectivity index (χ2v) is 11.0. The van der Waals surface area contributed by atoms with Crippen LogP contribution in [0.15, 0.2) is 24.3 Å². The number of methoxy groups -OCH3 is 1. The van der Waals surface area contributed by atoms with E-state index in [1.54, 1.807) is 18.4 Å². The fourth-order valence-electron chi connectivity index (χ4n) is 6.32. The minimum absolute atomic E-state index is 0.0154.